The Morgan fingerprint density at radius 1 is 1.50 bits per heavy atom. The van der Waals surface area contributed by atoms with E-state index in [1.807, 2.05) is 6.92 Å². The van der Waals surface area contributed by atoms with Crippen molar-refractivity contribution >= 4 is 22.9 Å². The topological polar surface area (TPSA) is 68.0 Å². The fourth-order valence-electron chi connectivity index (χ4n) is 1.54. The predicted octanol–water partition coefficient (Wildman–Crippen LogP) is 2.23. The van der Waals surface area contributed by atoms with E-state index in [-0.39, 0.29) is 5.69 Å². The first kappa shape index (κ1) is 12.5. The van der Waals surface area contributed by atoms with Crippen molar-refractivity contribution in [1.29, 1.82) is 0 Å². The summed E-state index contributed by atoms with van der Waals surface area (Å²) in [5, 5.41) is 5.33. The fourth-order valence-corrected chi connectivity index (χ4v) is 2.18. The van der Waals surface area contributed by atoms with Crippen molar-refractivity contribution in [3.8, 4) is 0 Å². The van der Waals surface area contributed by atoms with Crippen LogP contribution in [0.1, 0.15) is 16.7 Å². The summed E-state index contributed by atoms with van der Waals surface area (Å²) in [6, 6.07) is 5.28. The van der Waals surface area contributed by atoms with Crippen molar-refractivity contribution in [3.63, 3.8) is 0 Å². The van der Waals surface area contributed by atoms with Gasteiger partial charge in [-0.15, -0.1) is 11.3 Å². The Labute approximate surface area is 108 Å². The van der Waals surface area contributed by atoms with E-state index in [2.05, 4.69) is 10.3 Å². The summed E-state index contributed by atoms with van der Waals surface area (Å²) >= 11 is 1.41. The van der Waals surface area contributed by atoms with Gasteiger partial charge < -0.3 is 11.1 Å². The Bertz CT molecular complexity index is 570. The quantitative estimate of drug-likeness (QED) is 0.890. The molecule has 1 aromatic carbocycles. The average Bonchev–Trinajstić information content (AvgIpc) is 2.74. The summed E-state index contributed by atoms with van der Waals surface area (Å²) in [5.74, 6) is -1.03. The molecule has 6 heteroatoms. The molecule has 0 bridgehead atoms. The lowest BCUT2D eigenvalue weighted by atomic mass is 10.2. The van der Waals surface area contributed by atoms with Crippen molar-refractivity contribution < 1.29 is 9.18 Å². The van der Waals surface area contributed by atoms with Gasteiger partial charge in [-0.1, -0.05) is 12.1 Å². The number of benzene rings is 1. The van der Waals surface area contributed by atoms with E-state index in [0.717, 1.165) is 5.01 Å². The fraction of sp³-hybridized carbons (Fsp3) is 0.167. The summed E-state index contributed by atoms with van der Waals surface area (Å²) in [4.78, 5) is 15.6. The molecule has 0 radical (unpaired) electrons. The van der Waals surface area contributed by atoms with Crippen LogP contribution in [0.3, 0.4) is 0 Å². The van der Waals surface area contributed by atoms with Crippen LogP contribution in [0.2, 0.25) is 0 Å². The molecule has 0 saturated heterocycles. The van der Waals surface area contributed by atoms with Gasteiger partial charge in [-0.05, 0) is 19.1 Å². The van der Waals surface area contributed by atoms with Crippen molar-refractivity contribution in [3.05, 3.63) is 46.2 Å². The van der Waals surface area contributed by atoms with Crippen LogP contribution in [-0.2, 0) is 4.79 Å². The average molecular weight is 265 g/mol. The Hall–Kier alpha value is -1.95. The molecule has 18 heavy (non-hydrogen) atoms. The van der Waals surface area contributed by atoms with Crippen LogP contribution in [-0.4, -0.2) is 10.9 Å². The third-order valence-corrected chi connectivity index (χ3v) is 3.18. The minimum absolute atomic E-state index is 0.229. The van der Waals surface area contributed by atoms with Crippen LogP contribution in [0.4, 0.5) is 10.1 Å². The highest BCUT2D eigenvalue weighted by atomic mass is 32.1. The molecular weight excluding hydrogens is 253 g/mol. The molecule has 1 aromatic heterocycles. The van der Waals surface area contributed by atoms with Gasteiger partial charge in [-0.2, -0.15) is 0 Å². The maximum atomic E-state index is 13.5. The number of aryl methyl sites for hydroxylation is 1. The van der Waals surface area contributed by atoms with E-state index in [0.29, 0.717) is 5.69 Å². The molecule has 2 aromatic rings. The lowest BCUT2D eigenvalue weighted by molar-refractivity contribution is -0.118. The standard InChI is InChI=1S/C12H12FN3OS/c1-7-15-10(6-18-7)11(12(14)17)16-9-5-3-2-4-8(9)13/h2-6,11,16H,1H3,(H2,14,17). The highest BCUT2D eigenvalue weighted by molar-refractivity contribution is 7.09. The third kappa shape index (κ3) is 2.65. The van der Waals surface area contributed by atoms with Crippen molar-refractivity contribution in [1.82, 2.24) is 4.98 Å². The van der Waals surface area contributed by atoms with Crippen LogP contribution in [0.5, 0.6) is 0 Å². The number of nitrogens with one attached hydrogen (secondary N) is 1. The Morgan fingerprint density at radius 3 is 2.78 bits per heavy atom. The maximum Gasteiger partial charge on any atom is 0.246 e. The summed E-state index contributed by atoms with van der Waals surface area (Å²) in [6.07, 6.45) is 0. The number of rotatable bonds is 4. The van der Waals surface area contributed by atoms with Gasteiger partial charge in [0.25, 0.3) is 0 Å². The first-order chi connectivity index (χ1) is 8.58. The number of anilines is 1. The summed E-state index contributed by atoms with van der Waals surface area (Å²) in [6.45, 7) is 1.83. The van der Waals surface area contributed by atoms with Crippen LogP contribution < -0.4 is 11.1 Å². The minimum atomic E-state index is -0.827. The second-order valence-electron chi connectivity index (χ2n) is 3.75. The Kier molecular flexibility index (Phi) is 3.57. The number of para-hydroxylation sites is 1. The van der Waals surface area contributed by atoms with E-state index in [9.17, 15) is 9.18 Å². The summed E-state index contributed by atoms with van der Waals surface area (Å²) in [5.41, 5.74) is 6.05. The zero-order valence-electron chi connectivity index (χ0n) is 9.68. The third-order valence-electron chi connectivity index (χ3n) is 2.39. The number of carbonyl (C=O) groups is 1. The molecule has 0 saturated carbocycles. The molecule has 1 heterocycles. The molecule has 1 atom stereocenters. The normalized spacial score (nSPS) is 12.1. The smallest absolute Gasteiger partial charge is 0.246 e. The number of amides is 1. The van der Waals surface area contributed by atoms with Crippen LogP contribution in [0.15, 0.2) is 29.6 Å². The van der Waals surface area contributed by atoms with Gasteiger partial charge in [-0.25, -0.2) is 9.37 Å². The number of nitrogens with two attached hydrogens (primary N) is 1. The second-order valence-corrected chi connectivity index (χ2v) is 4.81. The highest BCUT2D eigenvalue weighted by Gasteiger charge is 2.21. The number of hydrogen-bond acceptors (Lipinski definition) is 4. The van der Waals surface area contributed by atoms with Gasteiger partial charge in [0, 0.05) is 5.38 Å². The zero-order chi connectivity index (χ0) is 13.1. The van der Waals surface area contributed by atoms with E-state index < -0.39 is 17.8 Å². The molecule has 0 spiro atoms. The van der Waals surface area contributed by atoms with E-state index >= 15 is 0 Å². The number of thiazole rings is 1. The lowest BCUT2D eigenvalue weighted by Crippen LogP contribution is -2.28. The predicted molar refractivity (Wildman–Crippen MR) is 68.8 cm³/mol. The molecule has 4 nitrogen and oxygen atoms in total. The molecule has 0 aliphatic rings. The lowest BCUT2D eigenvalue weighted by Gasteiger charge is -2.15. The van der Waals surface area contributed by atoms with Crippen molar-refractivity contribution in [2.45, 2.75) is 13.0 Å². The van der Waals surface area contributed by atoms with Gasteiger partial charge in [0.05, 0.1) is 16.4 Å². The molecule has 1 amide bonds. The highest BCUT2D eigenvalue weighted by Crippen LogP contribution is 2.22. The largest absolute Gasteiger partial charge is 0.368 e. The molecule has 94 valence electrons. The van der Waals surface area contributed by atoms with Gasteiger partial charge in [-0.3, -0.25) is 4.79 Å². The molecule has 3 N–H and O–H groups in total. The van der Waals surface area contributed by atoms with Crippen molar-refractivity contribution in [2.24, 2.45) is 5.73 Å². The first-order valence-electron chi connectivity index (χ1n) is 5.30. The van der Waals surface area contributed by atoms with Crippen molar-refractivity contribution in [2.75, 3.05) is 5.32 Å². The minimum Gasteiger partial charge on any atom is -0.368 e. The molecule has 0 aliphatic carbocycles. The number of carbonyl (C=O) groups excluding carboxylic acids is 1. The van der Waals surface area contributed by atoms with Gasteiger partial charge in [0.15, 0.2) is 0 Å². The molecule has 1 unspecified atom stereocenters. The molecular formula is C12H12FN3OS. The van der Waals surface area contributed by atoms with Crippen LogP contribution in [0.25, 0.3) is 0 Å². The van der Waals surface area contributed by atoms with Gasteiger partial charge in [0.2, 0.25) is 5.91 Å². The Balaban J connectivity index is 2.28. The van der Waals surface area contributed by atoms with Crippen LogP contribution >= 0.6 is 11.3 Å². The van der Waals surface area contributed by atoms with E-state index in [4.69, 9.17) is 5.73 Å². The van der Waals surface area contributed by atoms with Crippen LogP contribution in [0, 0.1) is 12.7 Å². The SMILES string of the molecule is Cc1nc(C(Nc2ccccc2F)C(N)=O)cs1. The number of hydrogen-bond donors (Lipinski definition) is 2. The number of primary amides is 1. The second kappa shape index (κ2) is 5.14. The monoisotopic (exact) mass is 265 g/mol. The van der Waals surface area contributed by atoms with E-state index in [1.54, 1.807) is 23.6 Å². The number of halogens is 1. The van der Waals surface area contributed by atoms with E-state index in [1.165, 1.54) is 17.4 Å². The first-order valence-corrected chi connectivity index (χ1v) is 6.18. The van der Waals surface area contributed by atoms with Gasteiger partial charge >= 0.3 is 0 Å². The molecule has 2 rings (SSSR count). The Morgan fingerprint density at radius 2 is 2.22 bits per heavy atom. The number of nitrogens with zero attached hydrogens (tertiary/aromatic N) is 1. The molecule has 0 fully saturated rings. The summed E-state index contributed by atoms with van der Waals surface area (Å²) in [7, 11) is 0. The number of aromatic nitrogens is 1. The molecule has 0 aliphatic heterocycles. The maximum absolute atomic E-state index is 13.5. The summed E-state index contributed by atoms with van der Waals surface area (Å²) < 4.78 is 13.5. The zero-order valence-corrected chi connectivity index (χ0v) is 10.5. The van der Waals surface area contributed by atoms with Gasteiger partial charge in [0.1, 0.15) is 11.9 Å².